The molecule has 3 atom stereocenters. The molecule has 2 fully saturated rings. The summed E-state index contributed by atoms with van der Waals surface area (Å²) in [4.78, 5) is 12.6. The van der Waals surface area contributed by atoms with E-state index < -0.39 is 10.0 Å². The summed E-state index contributed by atoms with van der Waals surface area (Å²) in [6.07, 6.45) is 4.97. The Morgan fingerprint density at radius 2 is 1.96 bits per heavy atom. The number of carbonyl (C=O) groups is 1. The summed E-state index contributed by atoms with van der Waals surface area (Å²) in [5, 5.41) is 4.29. The number of rotatable bonds is 5. The van der Waals surface area contributed by atoms with Gasteiger partial charge in [-0.15, -0.1) is 0 Å². The van der Waals surface area contributed by atoms with Gasteiger partial charge in [0.2, 0.25) is 5.91 Å². The number of hydrogen-bond donors (Lipinski definition) is 1. The van der Waals surface area contributed by atoms with Crippen LogP contribution >= 0.6 is 0 Å². The second-order valence-electron chi connectivity index (χ2n) is 6.79. The largest absolute Gasteiger partial charge is 0.274 e. The average molecular weight is 339 g/mol. The molecule has 0 aromatic carbocycles. The summed E-state index contributed by atoms with van der Waals surface area (Å²) in [5.74, 6) is 0.911. The molecule has 1 heterocycles. The van der Waals surface area contributed by atoms with Crippen LogP contribution < -0.4 is 4.72 Å². The van der Waals surface area contributed by atoms with Gasteiger partial charge < -0.3 is 0 Å². The fraction of sp³-hybridized carbons (Fsp3) is 0.750. The summed E-state index contributed by atoms with van der Waals surface area (Å²) < 4.78 is 29.5. The molecule has 7 heteroatoms. The van der Waals surface area contributed by atoms with Gasteiger partial charge in [0.1, 0.15) is 4.90 Å². The second kappa shape index (κ2) is 5.92. The minimum absolute atomic E-state index is 0.166. The van der Waals surface area contributed by atoms with Crippen molar-refractivity contribution in [3.63, 3.8) is 0 Å². The molecule has 23 heavy (non-hydrogen) atoms. The normalized spacial score (nSPS) is 26.7. The van der Waals surface area contributed by atoms with Gasteiger partial charge >= 0.3 is 0 Å². The standard InChI is InChI=1S/C16H25N3O3S/c1-4-13-15(14(5-2)19(3)17-13)23(21,22)18-16(20)11-7-6-10-8-12(10)9-11/h10-12H,4-9H2,1-3H3,(H,18,20). The molecule has 3 rings (SSSR count). The van der Waals surface area contributed by atoms with Gasteiger partial charge in [0.25, 0.3) is 10.0 Å². The number of nitrogens with zero attached hydrogens (tertiary/aromatic N) is 2. The molecule has 2 aliphatic carbocycles. The first-order valence-corrected chi connectivity index (χ1v) is 9.97. The minimum Gasteiger partial charge on any atom is -0.274 e. The van der Waals surface area contributed by atoms with Crippen LogP contribution in [0.2, 0.25) is 0 Å². The third-order valence-electron chi connectivity index (χ3n) is 5.27. The van der Waals surface area contributed by atoms with E-state index in [0.717, 1.165) is 25.2 Å². The predicted molar refractivity (Wildman–Crippen MR) is 86.2 cm³/mol. The Hall–Kier alpha value is -1.37. The molecular formula is C16H25N3O3S. The highest BCUT2D eigenvalue weighted by molar-refractivity contribution is 7.90. The van der Waals surface area contributed by atoms with Crippen LogP contribution in [0.3, 0.4) is 0 Å². The Balaban J connectivity index is 1.82. The lowest BCUT2D eigenvalue weighted by Gasteiger charge is -2.20. The number of aryl methyl sites for hydroxylation is 2. The zero-order valence-corrected chi connectivity index (χ0v) is 14.8. The average Bonchev–Trinajstić information content (AvgIpc) is 3.20. The molecule has 1 aromatic rings. The van der Waals surface area contributed by atoms with E-state index in [1.54, 1.807) is 11.7 Å². The number of hydrogen-bond acceptors (Lipinski definition) is 4. The molecule has 1 N–H and O–H groups in total. The molecule has 0 saturated heterocycles. The fourth-order valence-corrected chi connectivity index (χ4v) is 5.50. The molecule has 0 bridgehead atoms. The molecule has 2 saturated carbocycles. The molecule has 0 spiro atoms. The van der Waals surface area contributed by atoms with Crippen LogP contribution in [0.5, 0.6) is 0 Å². The number of aromatic nitrogens is 2. The maximum atomic E-state index is 12.8. The van der Waals surface area contributed by atoms with Gasteiger partial charge in [-0.2, -0.15) is 5.10 Å². The van der Waals surface area contributed by atoms with Crippen LogP contribution in [0.4, 0.5) is 0 Å². The van der Waals surface area contributed by atoms with Gasteiger partial charge in [0.15, 0.2) is 0 Å². The van der Waals surface area contributed by atoms with Gasteiger partial charge in [0, 0.05) is 13.0 Å². The van der Waals surface area contributed by atoms with Crippen LogP contribution in [-0.4, -0.2) is 24.1 Å². The SMILES string of the molecule is CCc1nn(C)c(CC)c1S(=O)(=O)NC(=O)C1CCC2CC2C1. The minimum atomic E-state index is -3.86. The Bertz CT molecular complexity index is 723. The van der Waals surface area contributed by atoms with Gasteiger partial charge in [-0.05, 0) is 50.4 Å². The summed E-state index contributed by atoms with van der Waals surface area (Å²) >= 11 is 0. The number of fused-ring (bicyclic) bond motifs is 1. The van der Waals surface area contributed by atoms with Crippen molar-refractivity contribution in [1.29, 1.82) is 0 Å². The molecule has 1 amide bonds. The zero-order valence-electron chi connectivity index (χ0n) is 14.0. The number of sulfonamides is 1. The summed E-state index contributed by atoms with van der Waals surface area (Å²) in [6.45, 7) is 3.77. The maximum Gasteiger partial charge on any atom is 0.267 e. The van der Waals surface area contributed by atoms with E-state index in [2.05, 4.69) is 9.82 Å². The number of amides is 1. The molecular weight excluding hydrogens is 314 g/mol. The molecule has 6 nitrogen and oxygen atoms in total. The van der Waals surface area contributed by atoms with Crippen molar-refractivity contribution in [2.45, 2.75) is 57.3 Å². The van der Waals surface area contributed by atoms with Crippen molar-refractivity contribution in [3.05, 3.63) is 11.4 Å². The molecule has 3 unspecified atom stereocenters. The summed E-state index contributed by atoms with van der Waals surface area (Å²) in [5.41, 5.74) is 1.17. The van der Waals surface area contributed by atoms with Gasteiger partial charge in [-0.25, -0.2) is 13.1 Å². The van der Waals surface area contributed by atoms with Crippen LogP contribution in [-0.2, 0) is 34.7 Å². The Morgan fingerprint density at radius 1 is 1.22 bits per heavy atom. The monoisotopic (exact) mass is 339 g/mol. The van der Waals surface area contributed by atoms with Crippen molar-refractivity contribution in [2.24, 2.45) is 24.8 Å². The fourth-order valence-electron chi connectivity index (χ4n) is 3.89. The Labute approximate surface area is 137 Å². The smallest absolute Gasteiger partial charge is 0.267 e. The van der Waals surface area contributed by atoms with E-state index in [1.165, 1.54) is 6.42 Å². The van der Waals surface area contributed by atoms with Gasteiger partial charge in [-0.3, -0.25) is 9.48 Å². The third-order valence-corrected chi connectivity index (χ3v) is 6.75. The van der Waals surface area contributed by atoms with Gasteiger partial charge in [0.05, 0.1) is 11.4 Å². The van der Waals surface area contributed by atoms with E-state index >= 15 is 0 Å². The van der Waals surface area contributed by atoms with Gasteiger partial charge in [-0.1, -0.05) is 13.8 Å². The zero-order chi connectivity index (χ0) is 16.8. The van der Waals surface area contributed by atoms with E-state index in [4.69, 9.17) is 0 Å². The first kappa shape index (κ1) is 16.5. The van der Waals surface area contributed by atoms with Crippen LogP contribution in [0.1, 0.15) is 50.9 Å². The molecule has 1 aromatic heterocycles. The molecule has 2 aliphatic rings. The molecule has 0 radical (unpaired) electrons. The molecule has 128 valence electrons. The van der Waals surface area contributed by atoms with Crippen molar-refractivity contribution in [2.75, 3.05) is 0 Å². The van der Waals surface area contributed by atoms with Crippen molar-refractivity contribution in [1.82, 2.24) is 14.5 Å². The molecule has 0 aliphatic heterocycles. The van der Waals surface area contributed by atoms with Crippen LogP contribution in [0, 0.1) is 17.8 Å². The lowest BCUT2D eigenvalue weighted by molar-refractivity contribution is -0.124. The summed E-state index contributed by atoms with van der Waals surface area (Å²) in [6, 6.07) is 0. The van der Waals surface area contributed by atoms with E-state index in [9.17, 15) is 13.2 Å². The summed E-state index contributed by atoms with van der Waals surface area (Å²) in [7, 11) is -2.12. The quantitative estimate of drug-likeness (QED) is 0.887. The lowest BCUT2D eigenvalue weighted by atomic mass is 9.89. The van der Waals surface area contributed by atoms with E-state index in [-0.39, 0.29) is 16.7 Å². The van der Waals surface area contributed by atoms with E-state index in [0.29, 0.717) is 30.1 Å². The number of nitrogens with one attached hydrogen (secondary N) is 1. The lowest BCUT2D eigenvalue weighted by Crippen LogP contribution is -2.37. The van der Waals surface area contributed by atoms with Crippen molar-refractivity contribution in [3.8, 4) is 0 Å². The maximum absolute atomic E-state index is 12.8. The second-order valence-corrected chi connectivity index (χ2v) is 8.41. The Morgan fingerprint density at radius 3 is 2.57 bits per heavy atom. The highest BCUT2D eigenvalue weighted by atomic mass is 32.2. The van der Waals surface area contributed by atoms with E-state index in [1.807, 2.05) is 13.8 Å². The highest BCUT2D eigenvalue weighted by Crippen LogP contribution is 2.51. The van der Waals surface area contributed by atoms with Crippen LogP contribution in [0.15, 0.2) is 4.90 Å². The first-order chi connectivity index (χ1) is 10.9. The predicted octanol–water partition coefficient (Wildman–Crippen LogP) is 1.79. The topological polar surface area (TPSA) is 81.1 Å². The highest BCUT2D eigenvalue weighted by Gasteiger charge is 2.44. The third kappa shape index (κ3) is 3.03. The first-order valence-electron chi connectivity index (χ1n) is 8.48. The van der Waals surface area contributed by atoms with Crippen LogP contribution in [0.25, 0.3) is 0 Å². The van der Waals surface area contributed by atoms with Crippen molar-refractivity contribution >= 4 is 15.9 Å². The van der Waals surface area contributed by atoms with Crippen molar-refractivity contribution < 1.29 is 13.2 Å². The Kier molecular flexibility index (Phi) is 4.25. The number of carbonyl (C=O) groups excluding carboxylic acids is 1.